The van der Waals surface area contributed by atoms with Gasteiger partial charge in [-0.15, -0.1) is 0 Å². The normalized spacial score (nSPS) is 12.0. The van der Waals surface area contributed by atoms with Crippen molar-refractivity contribution in [1.82, 2.24) is 10.3 Å². The van der Waals surface area contributed by atoms with Crippen molar-refractivity contribution < 1.29 is 19.0 Å². The number of hydrogen-bond donors (Lipinski definition) is 1. The number of fused-ring (bicyclic) bond motifs is 1. The van der Waals surface area contributed by atoms with E-state index >= 15 is 0 Å². The number of carbonyl (C=O) groups is 1. The van der Waals surface area contributed by atoms with E-state index in [1.807, 2.05) is 24.3 Å². The lowest BCUT2D eigenvalue weighted by molar-refractivity contribution is -0.121. The summed E-state index contributed by atoms with van der Waals surface area (Å²) in [6, 6.07) is 9.40. The van der Waals surface area contributed by atoms with Crippen molar-refractivity contribution >= 4 is 5.91 Å². The largest absolute Gasteiger partial charge is 0.481 e. The molecule has 0 saturated carbocycles. The lowest BCUT2D eigenvalue weighted by atomic mass is 10.1. The first-order chi connectivity index (χ1) is 11.2. The van der Waals surface area contributed by atoms with Gasteiger partial charge in [0.25, 0.3) is 0 Å². The maximum atomic E-state index is 12.0. The average molecular weight is 314 g/mol. The molecule has 0 aliphatic carbocycles. The molecule has 2 heterocycles. The zero-order valence-corrected chi connectivity index (χ0v) is 12.9. The highest BCUT2D eigenvalue weighted by molar-refractivity contribution is 5.76. The van der Waals surface area contributed by atoms with Gasteiger partial charge in [-0.1, -0.05) is 6.07 Å². The van der Waals surface area contributed by atoms with E-state index in [0.717, 1.165) is 22.6 Å². The minimum atomic E-state index is -0.00144. The summed E-state index contributed by atoms with van der Waals surface area (Å²) in [6.07, 6.45) is 2.73. The van der Waals surface area contributed by atoms with Crippen molar-refractivity contribution in [1.29, 1.82) is 0 Å². The fourth-order valence-corrected chi connectivity index (χ4v) is 2.32. The molecule has 1 aromatic carbocycles. The zero-order chi connectivity index (χ0) is 16.1. The Kier molecular flexibility index (Phi) is 4.61. The molecule has 2 aromatic rings. The monoisotopic (exact) mass is 314 g/mol. The molecule has 1 N–H and O–H groups in total. The topological polar surface area (TPSA) is 69.7 Å². The van der Waals surface area contributed by atoms with Gasteiger partial charge in [-0.05, 0) is 35.7 Å². The first-order valence-corrected chi connectivity index (χ1v) is 7.39. The van der Waals surface area contributed by atoms with Crippen molar-refractivity contribution in [2.45, 2.75) is 19.4 Å². The molecule has 1 aromatic heterocycles. The maximum absolute atomic E-state index is 12.0. The minimum absolute atomic E-state index is 0.00144. The highest BCUT2D eigenvalue weighted by Gasteiger charge is 2.13. The van der Waals surface area contributed by atoms with Crippen LogP contribution in [0.15, 0.2) is 36.5 Å². The second-order valence-corrected chi connectivity index (χ2v) is 5.17. The second-order valence-electron chi connectivity index (χ2n) is 5.17. The number of methoxy groups -OCH3 is 1. The molecule has 1 amide bonds. The molecular weight excluding hydrogens is 296 g/mol. The van der Waals surface area contributed by atoms with Gasteiger partial charge in [0.15, 0.2) is 11.5 Å². The van der Waals surface area contributed by atoms with Gasteiger partial charge < -0.3 is 19.5 Å². The molecule has 1 aliphatic rings. The van der Waals surface area contributed by atoms with E-state index in [9.17, 15) is 4.79 Å². The first-order valence-electron chi connectivity index (χ1n) is 7.39. The third kappa shape index (κ3) is 3.91. The van der Waals surface area contributed by atoms with E-state index in [4.69, 9.17) is 14.2 Å². The number of hydrogen-bond acceptors (Lipinski definition) is 5. The van der Waals surface area contributed by atoms with Gasteiger partial charge in [0.05, 0.1) is 7.11 Å². The SMILES string of the molecule is COc1cc(CNC(=O)CCc2ccc3c(c2)OCO3)ccn1. The van der Waals surface area contributed by atoms with Crippen LogP contribution in [-0.2, 0) is 17.8 Å². The number of aryl methyl sites for hydroxylation is 1. The molecule has 0 unspecified atom stereocenters. The van der Waals surface area contributed by atoms with Crippen LogP contribution in [-0.4, -0.2) is 24.8 Å². The number of carbonyl (C=O) groups excluding carboxylic acids is 1. The Morgan fingerprint density at radius 2 is 2.09 bits per heavy atom. The van der Waals surface area contributed by atoms with Crippen LogP contribution in [0.5, 0.6) is 17.4 Å². The predicted octanol–water partition coefficient (Wildman–Crippen LogP) is 2.07. The molecule has 0 atom stereocenters. The van der Waals surface area contributed by atoms with Gasteiger partial charge in [0, 0.05) is 25.2 Å². The summed E-state index contributed by atoms with van der Waals surface area (Å²) in [4.78, 5) is 16.0. The zero-order valence-electron chi connectivity index (χ0n) is 12.9. The average Bonchev–Trinajstić information content (AvgIpc) is 3.06. The number of pyridine rings is 1. The number of amides is 1. The number of nitrogens with zero attached hydrogens (tertiary/aromatic N) is 1. The van der Waals surface area contributed by atoms with Gasteiger partial charge >= 0.3 is 0 Å². The van der Waals surface area contributed by atoms with E-state index in [1.165, 1.54) is 0 Å². The standard InChI is InChI=1S/C17H18N2O4/c1-21-17-9-13(6-7-18-17)10-19-16(20)5-3-12-2-4-14-15(8-12)23-11-22-14/h2,4,6-9H,3,5,10-11H2,1H3,(H,19,20). The molecule has 0 spiro atoms. The van der Waals surface area contributed by atoms with Crippen molar-refractivity contribution in [3.05, 3.63) is 47.7 Å². The number of rotatable bonds is 6. The minimum Gasteiger partial charge on any atom is -0.481 e. The van der Waals surface area contributed by atoms with Crippen LogP contribution in [0.1, 0.15) is 17.5 Å². The highest BCUT2D eigenvalue weighted by atomic mass is 16.7. The molecule has 0 fully saturated rings. The Hall–Kier alpha value is -2.76. The smallest absolute Gasteiger partial charge is 0.231 e. The maximum Gasteiger partial charge on any atom is 0.231 e. The van der Waals surface area contributed by atoms with E-state index in [1.54, 1.807) is 19.4 Å². The quantitative estimate of drug-likeness (QED) is 0.884. The molecule has 0 saturated heterocycles. The summed E-state index contributed by atoms with van der Waals surface area (Å²) in [7, 11) is 1.57. The Morgan fingerprint density at radius 3 is 2.96 bits per heavy atom. The Morgan fingerprint density at radius 1 is 1.22 bits per heavy atom. The van der Waals surface area contributed by atoms with Crippen LogP contribution >= 0.6 is 0 Å². The van der Waals surface area contributed by atoms with Crippen LogP contribution in [0.4, 0.5) is 0 Å². The van der Waals surface area contributed by atoms with Crippen LogP contribution in [0, 0.1) is 0 Å². The predicted molar refractivity (Wildman–Crippen MR) is 83.5 cm³/mol. The third-order valence-electron chi connectivity index (χ3n) is 3.58. The molecule has 0 bridgehead atoms. The summed E-state index contributed by atoms with van der Waals surface area (Å²) >= 11 is 0. The van der Waals surface area contributed by atoms with Crippen LogP contribution in [0.2, 0.25) is 0 Å². The first kappa shape index (κ1) is 15.1. The van der Waals surface area contributed by atoms with Crippen molar-refractivity contribution in [2.24, 2.45) is 0 Å². The molecule has 0 radical (unpaired) electrons. The Balaban J connectivity index is 1.48. The second kappa shape index (κ2) is 7.00. The van der Waals surface area contributed by atoms with E-state index < -0.39 is 0 Å². The van der Waals surface area contributed by atoms with Gasteiger partial charge in [-0.2, -0.15) is 0 Å². The number of nitrogens with one attached hydrogen (secondary N) is 1. The molecule has 23 heavy (non-hydrogen) atoms. The van der Waals surface area contributed by atoms with Gasteiger partial charge in [-0.3, -0.25) is 4.79 Å². The van der Waals surface area contributed by atoms with Crippen LogP contribution < -0.4 is 19.5 Å². The number of ether oxygens (including phenoxy) is 3. The Bertz CT molecular complexity index is 703. The Labute approximate surface area is 134 Å². The molecule has 1 aliphatic heterocycles. The van der Waals surface area contributed by atoms with E-state index in [0.29, 0.717) is 25.3 Å². The van der Waals surface area contributed by atoms with E-state index in [2.05, 4.69) is 10.3 Å². The van der Waals surface area contributed by atoms with Crippen molar-refractivity contribution in [3.63, 3.8) is 0 Å². The molecule has 6 nitrogen and oxygen atoms in total. The summed E-state index contributed by atoms with van der Waals surface area (Å²) < 4.78 is 15.7. The highest BCUT2D eigenvalue weighted by Crippen LogP contribution is 2.32. The molecule has 3 rings (SSSR count). The van der Waals surface area contributed by atoms with Gasteiger partial charge in [-0.25, -0.2) is 4.98 Å². The molecule has 6 heteroatoms. The fourth-order valence-electron chi connectivity index (χ4n) is 2.32. The van der Waals surface area contributed by atoms with Gasteiger partial charge in [0.2, 0.25) is 18.6 Å². The van der Waals surface area contributed by atoms with Crippen LogP contribution in [0.3, 0.4) is 0 Å². The van der Waals surface area contributed by atoms with Crippen molar-refractivity contribution in [3.8, 4) is 17.4 Å². The fraction of sp³-hybridized carbons (Fsp3) is 0.294. The van der Waals surface area contributed by atoms with Crippen molar-refractivity contribution in [2.75, 3.05) is 13.9 Å². The summed E-state index contributed by atoms with van der Waals surface area (Å²) in [6.45, 7) is 0.716. The third-order valence-corrected chi connectivity index (χ3v) is 3.58. The number of aromatic nitrogens is 1. The van der Waals surface area contributed by atoms with E-state index in [-0.39, 0.29) is 12.7 Å². The summed E-state index contributed by atoms with van der Waals surface area (Å²) in [5.41, 5.74) is 2.00. The van der Waals surface area contributed by atoms with Gasteiger partial charge in [0.1, 0.15) is 0 Å². The lowest BCUT2D eigenvalue weighted by Gasteiger charge is -2.07. The summed E-state index contributed by atoms with van der Waals surface area (Å²) in [5.74, 6) is 2.03. The molecule has 120 valence electrons. The summed E-state index contributed by atoms with van der Waals surface area (Å²) in [5, 5.41) is 2.89. The lowest BCUT2D eigenvalue weighted by Crippen LogP contribution is -2.23. The van der Waals surface area contributed by atoms with Crippen LogP contribution in [0.25, 0.3) is 0 Å². The number of benzene rings is 1. The molecular formula is C17H18N2O4.